The number of ether oxygens (including phenoxy) is 5. The number of carbonyl (C=O) groups excluding carboxylic acids is 3. The van der Waals surface area contributed by atoms with Crippen molar-refractivity contribution >= 4 is 34.3 Å². The first kappa shape index (κ1) is 30.8. The van der Waals surface area contributed by atoms with Gasteiger partial charge in [0, 0.05) is 35.5 Å². The number of rotatable bonds is 10. The zero-order valence-corrected chi connectivity index (χ0v) is 24.7. The summed E-state index contributed by atoms with van der Waals surface area (Å²) in [6.07, 6.45) is -5.04. The molecule has 1 rings (SSSR count). The van der Waals surface area contributed by atoms with Crippen LogP contribution in [0.15, 0.2) is 0 Å². The molecule has 0 aromatic carbocycles. The molecule has 0 aromatic rings. The maximum Gasteiger partial charge on any atom is 0.303 e. The van der Waals surface area contributed by atoms with Gasteiger partial charge in [0.2, 0.25) is 0 Å². The molecule has 0 spiro atoms. The van der Waals surface area contributed by atoms with E-state index < -0.39 is 65.0 Å². The van der Waals surface area contributed by atoms with Gasteiger partial charge in [-0.05, 0) is 24.2 Å². The van der Waals surface area contributed by atoms with Gasteiger partial charge in [-0.2, -0.15) is 0 Å². The predicted molar refractivity (Wildman–Crippen MR) is 133 cm³/mol. The fourth-order valence-electron chi connectivity index (χ4n) is 3.11. The maximum atomic E-state index is 12.0. The highest BCUT2D eigenvalue weighted by Crippen LogP contribution is 2.38. The van der Waals surface area contributed by atoms with E-state index in [0.717, 1.165) is 6.04 Å². The quantitative estimate of drug-likeness (QED) is 0.241. The summed E-state index contributed by atoms with van der Waals surface area (Å²) in [5.74, 6) is -1.78. The van der Waals surface area contributed by atoms with Crippen LogP contribution < -0.4 is 0 Å². The second-order valence-electron chi connectivity index (χ2n) is 11.5. The first-order chi connectivity index (χ1) is 15.3. The van der Waals surface area contributed by atoms with E-state index in [9.17, 15) is 14.4 Å². The van der Waals surface area contributed by atoms with Crippen molar-refractivity contribution in [3.63, 3.8) is 0 Å². The summed E-state index contributed by atoms with van der Waals surface area (Å²) in [5.41, 5.74) is 0. The summed E-state index contributed by atoms with van der Waals surface area (Å²) in [4.78, 5) is 35.8. The Morgan fingerprint density at radius 2 is 1.26 bits per heavy atom. The summed E-state index contributed by atoms with van der Waals surface area (Å²) >= 11 is 0. The largest absolute Gasteiger partial charge is 0.456 e. The molecule has 0 amide bonds. The van der Waals surface area contributed by atoms with E-state index in [1.54, 1.807) is 0 Å². The van der Waals surface area contributed by atoms with E-state index in [-0.39, 0.29) is 11.6 Å². The van der Waals surface area contributed by atoms with Crippen molar-refractivity contribution in [3.05, 3.63) is 0 Å². The van der Waals surface area contributed by atoms with Crippen molar-refractivity contribution in [2.75, 3.05) is 13.2 Å². The Hall–Kier alpha value is -1.28. The minimum Gasteiger partial charge on any atom is -0.456 e. The van der Waals surface area contributed by atoms with Crippen LogP contribution in [0, 0.1) is 0 Å². The molecule has 1 saturated heterocycles. The van der Waals surface area contributed by atoms with Gasteiger partial charge < -0.3 is 28.1 Å². The Balaban J connectivity index is 3.32. The van der Waals surface area contributed by atoms with Crippen LogP contribution in [-0.2, 0) is 42.5 Å². The molecular weight excluding hydrogens is 476 g/mol. The molecule has 5 atom stereocenters. The molecule has 0 bridgehead atoms. The maximum absolute atomic E-state index is 12.0. The minimum absolute atomic E-state index is 0.0542. The lowest BCUT2D eigenvalue weighted by Gasteiger charge is -2.45. The zero-order valence-electron chi connectivity index (χ0n) is 22.7. The summed E-state index contributed by atoms with van der Waals surface area (Å²) < 4.78 is 35.1. The Morgan fingerprint density at radius 3 is 1.71 bits per heavy atom. The van der Waals surface area contributed by atoms with Gasteiger partial charge in [-0.15, -0.1) is 0 Å². The van der Waals surface area contributed by atoms with E-state index >= 15 is 0 Å². The molecule has 0 radical (unpaired) electrons. The van der Waals surface area contributed by atoms with Crippen molar-refractivity contribution in [1.82, 2.24) is 0 Å². The molecule has 0 saturated carbocycles. The molecule has 9 nitrogen and oxygen atoms in total. The number of hydrogen-bond acceptors (Lipinski definition) is 9. The average Bonchev–Trinajstić information content (AvgIpc) is 2.61. The fourth-order valence-corrected chi connectivity index (χ4v) is 4.86. The van der Waals surface area contributed by atoms with Crippen molar-refractivity contribution in [3.8, 4) is 0 Å². The van der Waals surface area contributed by atoms with Gasteiger partial charge in [0.15, 0.2) is 32.9 Å². The molecule has 1 fully saturated rings. The third-order valence-corrected chi connectivity index (χ3v) is 12.3. The normalized spacial score (nSPS) is 26.0. The van der Waals surface area contributed by atoms with Gasteiger partial charge in [0.1, 0.15) is 6.10 Å². The fraction of sp³-hybridized carbons (Fsp3) is 0.870. The predicted octanol–water partition coefficient (Wildman–Crippen LogP) is 3.88. The molecular formula is C23H44O9Si2. The first-order valence-corrected chi connectivity index (χ1v) is 18.4. The molecule has 198 valence electrons. The summed E-state index contributed by atoms with van der Waals surface area (Å²) in [5, 5.41) is -0.0542. The van der Waals surface area contributed by atoms with Gasteiger partial charge in [-0.1, -0.05) is 40.4 Å². The van der Waals surface area contributed by atoms with Gasteiger partial charge in [-0.3, -0.25) is 14.4 Å². The van der Waals surface area contributed by atoms with Gasteiger partial charge in [0.25, 0.3) is 0 Å². The lowest BCUT2D eigenvalue weighted by atomic mass is 9.98. The molecule has 1 aliphatic heterocycles. The SMILES string of the molecule is CC(=O)O[C@@H]1[C@@H](OC(C)=O)[C@H](OCC[Si](C)(C)C)O[C@H](CO[Si](C)(C)C(C)(C)C)[C@H]1OC(C)=O. The highest BCUT2D eigenvalue weighted by molar-refractivity contribution is 6.76. The molecule has 1 aliphatic rings. The summed E-state index contributed by atoms with van der Waals surface area (Å²) in [7, 11) is -3.59. The van der Waals surface area contributed by atoms with Crippen molar-refractivity contribution in [1.29, 1.82) is 0 Å². The molecule has 1 heterocycles. The van der Waals surface area contributed by atoms with E-state index in [2.05, 4.69) is 53.5 Å². The van der Waals surface area contributed by atoms with Crippen LogP contribution in [0.5, 0.6) is 0 Å². The lowest BCUT2D eigenvalue weighted by Crippen LogP contribution is -2.63. The van der Waals surface area contributed by atoms with Crippen molar-refractivity contribution in [2.45, 2.75) is 116 Å². The number of carbonyl (C=O) groups is 3. The van der Waals surface area contributed by atoms with Crippen LogP contribution in [0.4, 0.5) is 0 Å². The van der Waals surface area contributed by atoms with Crippen LogP contribution in [0.3, 0.4) is 0 Å². The molecule has 0 N–H and O–H groups in total. The first-order valence-electron chi connectivity index (χ1n) is 11.8. The smallest absolute Gasteiger partial charge is 0.303 e. The van der Waals surface area contributed by atoms with Crippen LogP contribution in [0.1, 0.15) is 41.5 Å². The molecule has 34 heavy (non-hydrogen) atoms. The van der Waals surface area contributed by atoms with Crippen molar-refractivity contribution in [2.24, 2.45) is 0 Å². The van der Waals surface area contributed by atoms with Crippen molar-refractivity contribution < 1.29 is 42.5 Å². The molecule has 11 heteroatoms. The van der Waals surface area contributed by atoms with Gasteiger partial charge in [-0.25, -0.2) is 0 Å². The second-order valence-corrected chi connectivity index (χ2v) is 21.9. The van der Waals surface area contributed by atoms with E-state index in [0.29, 0.717) is 6.61 Å². The Morgan fingerprint density at radius 1 is 0.794 bits per heavy atom. The third-order valence-electron chi connectivity index (χ3n) is 6.05. The number of esters is 3. The average molecular weight is 521 g/mol. The Labute approximate surface area is 206 Å². The minimum atomic E-state index is -2.18. The standard InChI is InChI=1S/C23H44O9Si2/c1-15(24)29-19-18(14-28-34(10,11)23(4,5)6)32-22(27-12-13-33(7,8)9)21(31-17(3)26)20(19)30-16(2)25/h18-22H,12-14H2,1-11H3/t18-,19-,20+,21-,22-/m1/s1. The summed E-state index contributed by atoms with van der Waals surface area (Å²) in [6.45, 7) is 21.4. The second kappa shape index (κ2) is 12.1. The highest BCUT2D eigenvalue weighted by atomic mass is 28.4. The van der Waals surface area contributed by atoms with E-state index in [1.165, 1.54) is 20.8 Å². The topological polar surface area (TPSA) is 107 Å². The molecule has 0 unspecified atom stereocenters. The number of hydrogen-bond donors (Lipinski definition) is 0. The van der Waals surface area contributed by atoms with E-state index in [1.807, 2.05) is 0 Å². The molecule has 0 aliphatic carbocycles. The van der Waals surface area contributed by atoms with Gasteiger partial charge >= 0.3 is 17.9 Å². The highest BCUT2D eigenvalue weighted by Gasteiger charge is 2.53. The van der Waals surface area contributed by atoms with Crippen LogP contribution in [0.25, 0.3) is 0 Å². The Bertz CT molecular complexity index is 712. The van der Waals surface area contributed by atoms with E-state index in [4.69, 9.17) is 28.1 Å². The van der Waals surface area contributed by atoms with Gasteiger partial charge in [0.05, 0.1) is 6.61 Å². The monoisotopic (exact) mass is 520 g/mol. The van der Waals surface area contributed by atoms with Crippen LogP contribution >= 0.6 is 0 Å². The third kappa shape index (κ3) is 9.76. The molecule has 0 aromatic heterocycles. The van der Waals surface area contributed by atoms with Crippen LogP contribution in [-0.4, -0.2) is 78.2 Å². The summed E-state index contributed by atoms with van der Waals surface area (Å²) in [6, 6.07) is 0.858. The Kier molecular flexibility index (Phi) is 11.0. The van der Waals surface area contributed by atoms with Crippen LogP contribution in [0.2, 0.25) is 43.8 Å². The lowest BCUT2D eigenvalue weighted by molar-refractivity contribution is -0.306. The zero-order chi connectivity index (χ0) is 26.5.